The van der Waals surface area contributed by atoms with Gasteiger partial charge in [0.25, 0.3) is 5.56 Å². The van der Waals surface area contributed by atoms with Crippen LogP contribution < -0.4 is 11.2 Å². The van der Waals surface area contributed by atoms with Crippen LogP contribution in [0.3, 0.4) is 0 Å². The topological polar surface area (TPSA) is 64.1 Å². The van der Waals surface area contributed by atoms with E-state index in [9.17, 15) is 9.59 Å². The summed E-state index contributed by atoms with van der Waals surface area (Å²) in [7, 11) is 1.69. The van der Waals surface area contributed by atoms with Crippen molar-refractivity contribution in [1.82, 2.24) is 9.55 Å². The van der Waals surface area contributed by atoms with E-state index >= 15 is 0 Å². The fraction of sp³-hybridized carbons (Fsp3) is 0.636. The van der Waals surface area contributed by atoms with E-state index in [1.54, 1.807) is 24.8 Å². The van der Waals surface area contributed by atoms with E-state index in [0.29, 0.717) is 5.56 Å². The summed E-state index contributed by atoms with van der Waals surface area (Å²) >= 11 is 0. The van der Waals surface area contributed by atoms with Gasteiger partial charge in [0.15, 0.2) is 0 Å². The molecule has 0 amide bonds. The highest BCUT2D eigenvalue weighted by Crippen LogP contribution is 2.30. The van der Waals surface area contributed by atoms with E-state index in [4.69, 9.17) is 4.74 Å². The van der Waals surface area contributed by atoms with Gasteiger partial charge in [0.1, 0.15) is 0 Å². The first-order chi connectivity index (χ1) is 7.61. The van der Waals surface area contributed by atoms with E-state index in [2.05, 4.69) is 4.98 Å². The van der Waals surface area contributed by atoms with Crippen molar-refractivity contribution in [1.29, 1.82) is 0 Å². The third-order valence-corrected chi connectivity index (χ3v) is 3.23. The number of aryl methyl sites for hydroxylation is 1. The molecule has 1 saturated carbocycles. The van der Waals surface area contributed by atoms with Crippen LogP contribution in [0.4, 0.5) is 0 Å². The molecule has 1 aromatic heterocycles. The molecule has 2 atom stereocenters. The van der Waals surface area contributed by atoms with E-state index in [-0.39, 0.29) is 23.4 Å². The van der Waals surface area contributed by atoms with Gasteiger partial charge in [-0.25, -0.2) is 4.79 Å². The second-order valence-electron chi connectivity index (χ2n) is 4.30. The number of ether oxygens (including phenoxy) is 1. The third kappa shape index (κ3) is 1.95. The molecular weight excluding hydrogens is 208 g/mol. The number of hydrogen-bond donors (Lipinski definition) is 1. The van der Waals surface area contributed by atoms with Gasteiger partial charge in [-0.2, -0.15) is 0 Å². The first kappa shape index (κ1) is 11.1. The Morgan fingerprint density at radius 2 is 2.19 bits per heavy atom. The van der Waals surface area contributed by atoms with Crippen LogP contribution in [0.1, 0.15) is 30.9 Å². The van der Waals surface area contributed by atoms with Crippen molar-refractivity contribution in [2.45, 2.75) is 38.3 Å². The van der Waals surface area contributed by atoms with Crippen LogP contribution in [0.15, 0.2) is 15.8 Å². The standard InChI is InChI=1S/C11H16N2O3/c1-7-6-13(11(15)12-10(7)14)8-3-4-9(5-8)16-2/h6,8-9H,3-5H2,1-2H3,(H,12,14,15). The van der Waals surface area contributed by atoms with Crippen molar-refractivity contribution in [3.63, 3.8) is 0 Å². The molecule has 1 aromatic rings. The summed E-state index contributed by atoms with van der Waals surface area (Å²) in [5, 5.41) is 0. The van der Waals surface area contributed by atoms with Gasteiger partial charge in [-0.1, -0.05) is 0 Å². The normalized spacial score (nSPS) is 24.9. The lowest BCUT2D eigenvalue weighted by molar-refractivity contribution is 0.105. The van der Waals surface area contributed by atoms with Crippen molar-refractivity contribution >= 4 is 0 Å². The third-order valence-electron chi connectivity index (χ3n) is 3.23. The second-order valence-corrected chi connectivity index (χ2v) is 4.30. The summed E-state index contributed by atoms with van der Waals surface area (Å²) in [6, 6.07) is 0.146. The smallest absolute Gasteiger partial charge is 0.328 e. The second kappa shape index (κ2) is 4.25. The van der Waals surface area contributed by atoms with Crippen LogP contribution in [-0.2, 0) is 4.74 Å². The predicted octanol–water partition coefficient (Wildman–Crippen LogP) is 0.585. The first-order valence-corrected chi connectivity index (χ1v) is 5.46. The molecule has 0 spiro atoms. The summed E-state index contributed by atoms with van der Waals surface area (Å²) < 4.78 is 6.89. The molecule has 2 unspecified atom stereocenters. The van der Waals surface area contributed by atoms with Gasteiger partial charge in [-0.15, -0.1) is 0 Å². The number of rotatable bonds is 2. The predicted molar refractivity (Wildman–Crippen MR) is 59.7 cm³/mol. The van der Waals surface area contributed by atoms with E-state index in [1.807, 2.05) is 0 Å². The Balaban J connectivity index is 2.32. The van der Waals surface area contributed by atoms with Gasteiger partial charge in [-0.05, 0) is 26.2 Å². The van der Waals surface area contributed by atoms with Crippen LogP contribution in [0, 0.1) is 6.92 Å². The molecule has 1 aliphatic carbocycles. The van der Waals surface area contributed by atoms with Crippen LogP contribution in [0.2, 0.25) is 0 Å². The Morgan fingerprint density at radius 3 is 2.81 bits per heavy atom. The van der Waals surface area contributed by atoms with Gasteiger partial charge in [0, 0.05) is 24.9 Å². The lowest BCUT2D eigenvalue weighted by Gasteiger charge is -2.13. The summed E-state index contributed by atoms with van der Waals surface area (Å²) in [5.74, 6) is 0. The molecule has 5 heteroatoms. The highest BCUT2D eigenvalue weighted by atomic mass is 16.5. The number of nitrogens with zero attached hydrogens (tertiary/aromatic N) is 1. The van der Waals surface area contributed by atoms with Crippen molar-refractivity contribution in [3.05, 3.63) is 32.6 Å². The highest BCUT2D eigenvalue weighted by Gasteiger charge is 2.26. The molecular formula is C11H16N2O3. The number of nitrogens with one attached hydrogen (secondary N) is 1. The number of aromatic nitrogens is 2. The van der Waals surface area contributed by atoms with Crippen molar-refractivity contribution < 1.29 is 4.74 Å². The maximum Gasteiger partial charge on any atom is 0.328 e. The monoisotopic (exact) mass is 224 g/mol. The van der Waals surface area contributed by atoms with Gasteiger partial charge >= 0.3 is 5.69 Å². The van der Waals surface area contributed by atoms with Gasteiger partial charge in [-0.3, -0.25) is 14.3 Å². The van der Waals surface area contributed by atoms with Gasteiger partial charge in [0.2, 0.25) is 0 Å². The van der Waals surface area contributed by atoms with Gasteiger partial charge < -0.3 is 4.74 Å². The summed E-state index contributed by atoms with van der Waals surface area (Å²) in [6.45, 7) is 1.71. The molecule has 1 fully saturated rings. The molecule has 5 nitrogen and oxygen atoms in total. The molecule has 1 heterocycles. The molecule has 16 heavy (non-hydrogen) atoms. The maximum absolute atomic E-state index is 11.6. The molecule has 1 aliphatic rings. The fourth-order valence-corrected chi connectivity index (χ4v) is 2.24. The largest absolute Gasteiger partial charge is 0.381 e. The Morgan fingerprint density at radius 1 is 1.44 bits per heavy atom. The Bertz CT molecular complexity index is 489. The zero-order valence-corrected chi connectivity index (χ0v) is 9.53. The van der Waals surface area contributed by atoms with E-state index < -0.39 is 0 Å². The summed E-state index contributed by atoms with van der Waals surface area (Å²) in [5.41, 5.74) is -0.0552. The molecule has 0 aliphatic heterocycles. The number of H-pyrrole nitrogens is 1. The van der Waals surface area contributed by atoms with Crippen molar-refractivity contribution in [2.75, 3.05) is 7.11 Å². The highest BCUT2D eigenvalue weighted by molar-refractivity contribution is 5.02. The van der Waals surface area contributed by atoms with Crippen LogP contribution in [-0.4, -0.2) is 22.8 Å². The lowest BCUT2D eigenvalue weighted by Crippen LogP contribution is -2.32. The van der Waals surface area contributed by atoms with Gasteiger partial charge in [0.05, 0.1) is 6.10 Å². The molecule has 0 aromatic carbocycles. The quantitative estimate of drug-likeness (QED) is 0.799. The zero-order valence-electron chi connectivity index (χ0n) is 9.53. The molecule has 1 N–H and O–H groups in total. The number of methoxy groups -OCH3 is 1. The Hall–Kier alpha value is -1.36. The van der Waals surface area contributed by atoms with Crippen molar-refractivity contribution in [3.8, 4) is 0 Å². The zero-order chi connectivity index (χ0) is 11.7. The minimum atomic E-state index is -0.322. The summed E-state index contributed by atoms with van der Waals surface area (Å²) in [4.78, 5) is 25.2. The maximum atomic E-state index is 11.6. The SMILES string of the molecule is COC1CCC(n2cc(C)c(=O)[nH]c2=O)C1. The average Bonchev–Trinajstić information content (AvgIpc) is 2.71. The molecule has 0 saturated heterocycles. The fourth-order valence-electron chi connectivity index (χ4n) is 2.24. The van der Waals surface area contributed by atoms with Crippen molar-refractivity contribution in [2.24, 2.45) is 0 Å². The first-order valence-electron chi connectivity index (χ1n) is 5.46. The van der Waals surface area contributed by atoms with Crippen LogP contribution in [0.5, 0.6) is 0 Å². The Kier molecular flexibility index (Phi) is 2.96. The minimum Gasteiger partial charge on any atom is -0.381 e. The van der Waals surface area contributed by atoms with E-state index in [0.717, 1.165) is 19.3 Å². The minimum absolute atomic E-state index is 0.146. The number of hydrogen-bond acceptors (Lipinski definition) is 3. The van der Waals surface area contributed by atoms with E-state index in [1.165, 1.54) is 0 Å². The molecule has 0 bridgehead atoms. The molecule has 2 rings (SSSR count). The average molecular weight is 224 g/mol. The number of aromatic amines is 1. The lowest BCUT2D eigenvalue weighted by atomic mass is 10.2. The van der Waals surface area contributed by atoms with Crippen LogP contribution >= 0.6 is 0 Å². The van der Waals surface area contributed by atoms with Crippen LogP contribution in [0.25, 0.3) is 0 Å². The Labute approximate surface area is 93.1 Å². The molecule has 88 valence electrons. The molecule has 0 radical (unpaired) electrons. The summed E-state index contributed by atoms with van der Waals surface area (Å²) in [6.07, 6.45) is 4.59.